The molecule has 0 spiro atoms. The summed E-state index contributed by atoms with van der Waals surface area (Å²) >= 11 is 0. The number of nitrogens with zero attached hydrogens (tertiary/aromatic N) is 1. The topological polar surface area (TPSA) is 33.6 Å². The molecule has 1 N–H and O–H groups in total. The fourth-order valence-electron chi connectivity index (χ4n) is 3.72. The van der Waals surface area contributed by atoms with Crippen LogP contribution in [0.4, 0.5) is 0 Å². The number of oxime groups is 1. The van der Waals surface area contributed by atoms with Gasteiger partial charge in [0.2, 0.25) is 0 Å². The highest BCUT2D eigenvalue weighted by Crippen LogP contribution is 2.28. The smallest absolute Gasteiger partial charge is 0.139 e. The Kier molecular flexibility index (Phi) is 6.08. The van der Waals surface area contributed by atoms with Crippen molar-refractivity contribution in [1.29, 1.82) is 0 Å². The minimum absolute atomic E-state index is 0.130. The maximum absolute atomic E-state index is 5.94. The van der Waals surface area contributed by atoms with Gasteiger partial charge in [-0.1, -0.05) is 48.8 Å². The van der Waals surface area contributed by atoms with Crippen molar-refractivity contribution >= 4 is 11.8 Å². The minimum Gasteiger partial charge on any atom is -0.391 e. The fourth-order valence-corrected chi connectivity index (χ4v) is 3.72. The Bertz CT molecular complexity index is 573. The van der Waals surface area contributed by atoms with Crippen molar-refractivity contribution in [3.8, 4) is 0 Å². The fraction of sp³-hybridized carbons (Fsp3) is 0.571. The molecule has 1 saturated heterocycles. The molecular weight excluding hydrogens is 296 g/mol. The lowest BCUT2D eigenvalue weighted by molar-refractivity contribution is 0.0355. The van der Waals surface area contributed by atoms with E-state index in [1.54, 1.807) is 0 Å². The molecule has 1 aromatic rings. The summed E-state index contributed by atoms with van der Waals surface area (Å²) in [6.45, 7) is 5.51. The van der Waals surface area contributed by atoms with Gasteiger partial charge >= 0.3 is 0 Å². The molecule has 0 bridgehead atoms. The van der Waals surface area contributed by atoms with E-state index in [9.17, 15) is 0 Å². The number of allylic oxidation sites excluding steroid dienone is 1. The lowest BCUT2D eigenvalue weighted by atomic mass is 9.84. The Morgan fingerprint density at radius 3 is 2.75 bits per heavy atom. The molecule has 24 heavy (non-hydrogen) atoms. The van der Waals surface area contributed by atoms with Gasteiger partial charge in [0.05, 0.1) is 5.71 Å². The molecular formula is C21H30N2O. The Labute approximate surface area is 146 Å². The quantitative estimate of drug-likeness (QED) is 0.807. The summed E-state index contributed by atoms with van der Waals surface area (Å²) in [5.74, 6) is 0.472. The van der Waals surface area contributed by atoms with Gasteiger partial charge < -0.3 is 10.2 Å². The van der Waals surface area contributed by atoms with Gasteiger partial charge in [-0.3, -0.25) is 0 Å². The number of piperidine rings is 1. The number of hydrogen-bond donors (Lipinski definition) is 1. The maximum atomic E-state index is 5.94. The predicted molar refractivity (Wildman–Crippen MR) is 101 cm³/mol. The predicted octanol–water partition coefficient (Wildman–Crippen LogP) is 4.79. The summed E-state index contributed by atoms with van der Waals surface area (Å²) in [7, 11) is 0. The highest BCUT2D eigenvalue weighted by molar-refractivity contribution is 6.05. The van der Waals surface area contributed by atoms with Crippen LogP contribution in [0.5, 0.6) is 0 Å². The second-order valence-corrected chi connectivity index (χ2v) is 7.22. The zero-order valence-electron chi connectivity index (χ0n) is 15.0. The molecule has 3 heteroatoms. The van der Waals surface area contributed by atoms with E-state index in [1.807, 2.05) is 0 Å². The minimum atomic E-state index is 0.130. The monoisotopic (exact) mass is 326 g/mol. The third kappa shape index (κ3) is 4.47. The van der Waals surface area contributed by atoms with Crippen LogP contribution in [-0.4, -0.2) is 24.4 Å². The normalized spacial score (nSPS) is 29.6. The second-order valence-electron chi connectivity index (χ2n) is 7.22. The van der Waals surface area contributed by atoms with Crippen LogP contribution in [0.2, 0.25) is 0 Å². The van der Waals surface area contributed by atoms with E-state index in [2.05, 4.69) is 60.7 Å². The van der Waals surface area contributed by atoms with Crippen LogP contribution in [0.25, 0.3) is 6.08 Å². The van der Waals surface area contributed by atoms with E-state index in [0.717, 1.165) is 18.7 Å². The van der Waals surface area contributed by atoms with Crippen molar-refractivity contribution in [3.63, 3.8) is 0 Å². The summed E-state index contributed by atoms with van der Waals surface area (Å²) in [5.41, 5.74) is 3.73. The third-order valence-corrected chi connectivity index (χ3v) is 5.25. The van der Waals surface area contributed by atoms with Gasteiger partial charge in [-0.05, 0) is 62.8 Å². The van der Waals surface area contributed by atoms with Crippen molar-refractivity contribution < 1.29 is 4.84 Å². The molecule has 3 rings (SSSR count). The van der Waals surface area contributed by atoms with Crippen molar-refractivity contribution in [2.24, 2.45) is 11.1 Å². The van der Waals surface area contributed by atoms with E-state index in [4.69, 9.17) is 4.84 Å². The first kappa shape index (κ1) is 17.2. The van der Waals surface area contributed by atoms with Gasteiger partial charge in [0.25, 0.3) is 0 Å². The highest BCUT2D eigenvalue weighted by Gasteiger charge is 2.24. The number of rotatable bonds is 4. The van der Waals surface area contributed by atoms with Gasteiger partial charge in [0.15, 0.2) is 0 Å². The van der Waals surface area contributed by atoms with E-state index in [0.29, 0.717) is 12.0 Å². The Balaban J connectivity index is 1.72. The molecule has 3 atom stereocenters. The zero-order chi connectivity index (χ0) is 16.8. The van der Waals surface area contributed by atoms with Gasteiger partial charge in [-0.25, -0.2) is 0 Å². The van der Waals surface area contributed by atoms with Crippen molar-refractivity contribution in [2.45, 2.75) is 64.5 Å². The Morgan fingerprint density at radius 2 is 2.00 bits per heavy atom. The van der Waals surface area contributed by atoms with E-state index >= 15 is 0 Å². The molecule has 130 valence electrons. The molecule has 2 aliphatic rings. The lowest BCUT2D eigenvalue weighted by Crippen LogP contribution is -2.42. The van der Waals surface area contributed by atoms with Crippen LogP contribution in [0.3, 0.4) is 0 Å². The average molecular weight is 326 g/mol. The summed E-state index contributed by atoms with van der Waals surface area (Å²) in [5, 5.41) is 8.19. The molecule has 2 fully saturated rings. The van der Waals surface area contributed by atoms with Crippen LogP contribution >= 0.6 is 0 Å². The lowest BCUT2D eigenvalue weighted by Gasteiger charge is -2.28. The van der Waals surface area contributed by atoms with Crippen LogP contribution in [0.15, 0.2) is 41.1 Å². The molecule has 1 aliphatic heterocycles. The largest absolute Gasteiger partial charge is 0.391 e. The summed E-state index contributed by atoms with van der Waals surface area (Å²) in [6, 6.07) is 11.0. The SMILES string of the molecule is CC1CCCC(=C\c2ccccc2)/C1=N/OC(C)C1CCCCN1. The van der Waals surface area contributed by atoms with Crippen LogP contribution in [0, 0.1) is 5.92 Å². The number of benzene rings is 1. The summed E-state index contributed by atoms with van der Waals surface area (Å²) in [6.07, 6.45) is 9.69. The molecule has 1 saturated carbocycles. The zero-order valence-corrected chi connectivity index (χ0v) is 15.0. The molecule has 3 nitrogen and oxygen atoms in total. The van der Waals surface area contributed by atoms with E-state index in [-0.39, 0.29) is 6.10 Å². The molecule has 3 unspecified atom stereocenters. The number of nitrogens with one attached hydrogen (secondary N) is 1. The molecule has 1 aromatic carbocycles. The Hall–Kier alpha value is -1.61. The van der Waals surface area contributed by atoms with Crippen LogP contribution in [-0.2, 0) is 4.84 Å². The molecule has 0 amide bonds. The van der Waals surface area contributed by atoms with Crippen molar-refractivity contribution in [2.75, 3.05) is 6.54 Å². The molecule has 1 aliphatic carbocycles. The van der Waals surface area contributed by atoms with Gasteiger partial charge in [-0.2, -0.15) is 0 Å². The van der Waals surface area contributed by atoms with E-state index < -0.39 is 0 Å². The van der Waals surface area contributed by atoms with Crippen LogP contribution in [0.1, 0.15) is 57.9 Å². The van der Waals surface area contributed by atoms with Gasteiger partial charge in [-0.15, -0.1) is 0 Å². The van der Waals surface area contributed by atoms with Crippen LogP contribution < -0.4 is 5.32 Å². The first-order chi connectivity index (χ1) is 11.7. The van der Waals surface area contributed by atoms with E-state index in [1.165, 1.54) is 43.2 Å². The first-order valence-corrected chi connectivity index (χ1v) is 9.47. The molecule has 0 aromatic heterocycles. The summed E-state index contributed by atoms with van der Waals surface area (Å²) < 4.78 is 0. The van der Waals surface area contributed by atoms with Gasteiger partial charge in [0.1, 0.15) is 6.10 Å². The molecule has 1 heterocycles. The average Bonchev–Trinajstić information content (AvgIpc) is 2.62. The number of hydrogen-bond acceptors (Lipinski definition) is 3. The maximum Gasteiger partial charge on any atom is 0.139 e. The van der Waals surface area contributed by atoms with Crippen molar-refractivity contribution in [3.05, 3.63) is 41.5 Å². The van der Waals surface area contributed by atoms with Crippen molar-refractivity contribution in [1.82, 2.24) is 5.32 Å². The first-order valence-electron chi connectivity index (χ1n) is 9.47. The Morgan fingerprint density at radius 1 is 1.17 bits per heavy atom. The summed E-state index contributed by atoms with van der Waals surface area (Å²) in [4.78, 5) is 5.94. The standard InChI is InChI=1S/C21H30N2O/c1-16-9-8-12-19(15-18-10-4-3-5-11-18)21(16)23-24-17(2)20-13-6-7-14-22-20/h3-5,10-11,15-17,20,22H,6-9,12-14H2,1-2H3/b19-15+,23-21+. The molecule has 0 radical (unpaired) electrons. The second kappa shape index (κ2) is 8.48. The van der Waals surface area contributed by atoms with Gasteiger partial charge in [0, 0.05) is 12.0 Å². The highest BCUT2D eigenvalue weighted by atomic mass is 16.6. The third-order valence-electron chi connectivity index (χ3n) is 5.25.